The number of pyridine rings is 1. The number of benzene rings is 1. The third-order valence-corrected chi connectivity index (χ3v) is 5.86. The van der Waals surface area contributed by atoms with Gasteiger partial charge in [0, 0.05) is 75.4 Å². The van der Waals surface area contributed by atoms with Crippen LogP contribution in [-0.4, -0.2) is 62.3 Å². The minimum atomic E-state index is 0. The molecule has 2 aromatic heterocycles. The Morgan fingerprint density at radius 1 is 1.21 bits per heavy atom. The van der Waals surface area contributed by atoms with Gasteiger partial charge in [-0.25, -0.2) is 4.98 Å². The van der Waals surface area contributed by atoms with Crippen molar-refractivity contribution < 1.29 is 9.47 Å². The molecule has 0 aliphatic carbocycles. The summed E-state index contributed by atoms with van der Waals surface area (Å²) >= 11 is 0. The van der Waals surface area contributed by atoms with Gasteiger partial charge < -0.3 is 29.4 Å². The molecule has 1 aromatic carbocycles. The highest BCUT2D eigenvalue weighted by Gasteiger charge is 2.24. The van der Waals surface area contributed by atoms with Crippen LogP contribution in [0.15, 0.2) is 47.7 Å². The first-order chi connectivity index (χ1) is 15.6. The molecular formula is C24H33IN6O2. The number of halogens is 1. The number of imidazole rings is 1. The van der Waals surface area contributed by atoms with E-state index in [1.165, 1.54) is 5.56 Å². The Morgan fingerprint density at radius 3 is 2.64 bits per heavy atom. The number of nitrogens with one attached hydrogen (secondary N) is 2. The van der Waals surface area contributed by atoms with Gasteiger partial charge in [-0.05, 0) is 25.0 Å². The van der Waals surface area contributed by atoms with Crippen molar-refractivity contribution in [2.45, 2.75) is 25.8 Å². The van der Waals surface area contributed by atoms with E-state index in [2.05, 4.69) is 56.2 Å². The number of aliphatic imine (C=N–C) groups is 1. The molecule has 3 heterocycles. The van der Waals surface area contributed by atoms with Crippen molar-refractivity contribution in [3.63, 3.8) is 0 Å². The number of methoxy groups -OCH3 is 2. The molecule has 1 atom stereocenters. The molecule has 0 radical (unpaired) electrons. The van der Waals surface area contributed by atoms with E-state index in [0.29, 0.717) is 6.04 Å². The van der Waals surface area contributed by atoms with Crippen LogP contribution in [0.25, 0.3) is 5.65 Å². The predicted molar refractivity (Wildman–Crippen MR) is 144 cm³/mol. The molecule has 0 saturated carbocycles. The largest absolute Gasteiger partial charge is 0.497 e. The molecule has 1 saturated heterocycles. The summed E-state index contributed by atoms with van der Waals surface area (Å²) in [4.78, 5) is 11.5. The number of rotatable bonds is 7. The van der Waals surface area contributed by atoms with Gasteiger partial charge in [0.25, 0.3) is 0 Å². The Balaban J connectivity index is 0.00000306. The van der Waals surface area contributed by atoms with Gasteiger partial charge in [0.15, 0.2) is 5.96 Å². The fourth-order valence-electron chi connectivity index (χ4n) is 4.11. The van der Waals surface area contributed by atoms with Gasteiger partial charge in [0.05, 0.1) is 19.9 Å². The average Bonchev–Trinajstić information content (AvgIpc) is 3.45. The predicted octanol–water partition coefficient (Wildman–Crippen LogP) is 3.26. The van der Waals surface area contributed by atoms with Gasteiger partial charge in [-0.15, -0.1) is 24.0 Å². The Kier molecular flexibility index (Phi) is 8.65. The summed E-state index contributed by atoms with van der Waals surface area (Å²) in [7, 11) is 5.16. The van der Waals surface area contributed by atoms with E-state index in [9.17, 15) is 0 Å². The highest BCUT2D eigenvalue weighted by atomic mass is 127. The van der Waals surface area contributed by atoms with Crippen molar-refractivity contribution in [1.29, 1.82) is 0 Å². The summed E-state index contributed by atoms with van der Waals surface area (Å²) in [6.45, 7) is 4.71. The van der Waals surface area contributed by atoms with Crippen molar-refractivity contribution in [2.75, 3.05) is 45.8 Å². The fourth-order valence-corrected chi connectivity index (χ4v) is 4.11. The average molecular weight is 564 g/mol. The van der Waals surface area contributed by atoms with Crippen LogP contribution in [-0.2, 0) is 6.42 Å². The molecule has 8 nitrogen and oxygen atoms in total. The number of aromatic nitrogens is 2. The number of nitrogens with zero attached hydrogens (tertiary/aromatic N) is 4. The summed E-state index contributed by atoms with van der Waals surface area (Å²) in [5, 5.41) is 6.98. The third-order valence-electron chi connectivity index (χ3n) is 5.86. The highest BCUT2D eigenvalue weighted by molar-refractivity contribution is 14.0. The van der Waals surface area contributed by atoms with Crippen LogP contribution in [0.1, 0.15) is 17.7 Å². The Morgan fingerprint density at radius 2 is 1.97 bits per heavy atom. The number of ether oxygens (including phenoxy) is 2. The lowest BCUT2D eigenvalue weighted by atomic mass is 10.2. The zero-order valence-corrected chi connectivity index (χ0v) is 22.0. The van der Waals surface area contributed by atoms with Crippen LogP contribution in [0, 0.1) is 6.92 Å². The number of guanidine groups is 1. The zero-order valence-electron chi connectivity index (χ0n) is 19.7. The number of aryl methyl sites for hydroxylation is 1. The molecule has 1 aliphatic rings. The minimum absolute atomic E-state index is 0. The number of fused-ring (bicyclic) bond motifs is 1. The molecule has 33 heavy (non-hydrogen) atoms. The van der Waals surface area contributed by atoms with Crippen LogP contribution in [0.4, 0.5) is 5.69 Å². The first-order valence-corrected chi connectivity index (χ1v) is 11.0. The quantitative estimate of drug-likeness (QED) is 0.261. The van der Waals surface area contributed by atoms with E-state index >= 15 is 0 Å². The maximum atomic E-state index is 5.41. The summed E-state index contributed by atoms with van der Waals surface area (Å²) < 4.78 is 12.9. The summed E-state index contributed by atoms with van der Waals surface area (Å²) in [5.41, 5.74) is 4.38. The smallest absolute Gasteiger partial charge is 0.191 e. The fraction of sp³-hybridized carbons (Fsp3) is 0.417. The van der Waals surface area contributed by atoms with Crippen LogP contribution in [0.2, 0.25) is 0 Å². The van der Waals surface area contributed by atoms with E-state index < -0.39 is 0 Å². The summed E-state index contributed by atoms with van der Waals surface area (Å²) in [6.07, 6.45) is 6.00. The second-order valence-corrected chi connectivity index (χ2v) is 8.05. The van der Waals surface area contributed by atoms with Crippen molar-refractivity contribution in [2.24, 2.45) is 4.99 Å². The lowest BCUT2D eigenvalue weighted by Crippen LogP contribution is -2.45. The van der Waals surface area contributed by atoms with Gasteiger partial charge in [0.2, 0.25) is 0 Å². The normalized spacial score (nSPS) is 15.9. The summed E-state index contributed by atoms with van der Waals surface area (Å²) in [6, 6.07) is 10.4. The first-order valence-electron chi connectivity index (χ1n) is 11.0. The van der Waals surface area contributed by atoms with Gasteiger partial charge >= 0.3 is 0 Å². The molecule has 178 valence electrons. The molecule has 1 unspecified atom stereocenters. The number of hydrogen-bond acceptors (Lipinski definition) is 5. The Hall–Kier alpha value is -2.69. The second-order valence-electron chi connectivity index (χ2n) is 8.05. The molecule has 0 spiro atoms. The van der Waals surface area contributed by atoms with E-state index in [1.807, 2.05) is 25.4 Å². The zero-order chi connectivity index (χ0) is 22.5. The van der Waals surface area contributed by atoms with Gasteiger partial charge in [0.1, 0.15) is 17.1 Å². The molecule has 1 fully saturated rings. The standard InChI is InChI=1S/C24H32N6O2.HI/c1-17-6-5-10-30-16-18(27-23(17)30)7-9-26-24(25-2)28-19-8-11-29(15-19)20-12-21(31-3)14-22(13-20)32-4;/h5-6,10,12-14,16,19H,7-9,11,15H2,1-4H3,(H2,25,26,28);1H. The van der Waals surface area contributed by atoms with E-state index in [-0.39, 0.29) is 24.0 Å². The maximum absolute atomic E-state index is 5.41. The van der Waals surface area contributed by atoms with E-state index in [1.54, 1.807) is 14.2 Å². The number of anilines is 1. The molecule has 0 amide bonds. The topological polar surface area (TPSA) is 75.4 Å². The lowest BCUT2D eigenvalue weighted by molar-refractivity contribution is 0.394. The Labute approximate surface area is 212 Å². The molecule has 4 rings (SSSR count). The number of hydrogen-bond donors (Lipinski definition) is 2. The van der Waals surface area contributed by atoms with Crippen LogP contribution in [0.5, 0.6) is 11.5 Å². The van der Waals surface area contributed by atoms with Crippen LogP contribution < -0.4 is 25.0 Å². The van der Waals surface area contributed by atoms with Crippen LogP contribution >= 0.6 is 24.0 Å². The molecule has 3 aromatic rings. The molecule has 9 heteroatoms. The van der Waals surface area contributed by atoms with Crippen molar-refractivity contribution in [3.05, 3.63) is 54.0 Å². The van der Waals surface area contributed by atoms with Crippen molar-refractivity contribution in [1.82, 2.24) is 20.0 Å². The molecular weight excluding hydrogens is 531 g/mol. The lowest BCUT2D eigenvalue weighted by Gasteiger charge is -2.21. The van der Waals surface area contributed by atoms with Gasteiger partial charge in [-0.1, -0.05) is 6.07 Å². The molecule has 1 aliphatic heterocycles. The van der Waals surface area contributed by atoms with Crippen LogP contribution in [0.3, 0.4) is 0 Å². The van der Waals surface area contributed by atoms with E-state index in [4.69, 9.17) is 14.5 Å². The minimum Gasteiger partial charge on any atom is -0.497 e. The maximum Gasteiger partial charge on any atom is 0.191 e. The summed E-state index contributed by atoms with van der Waals surface area (Å²) in [5.74, 6) is 2.42. The van der Waals surface area contributed by atoms with Crippen molar-refractivity contribution in [3.8, 4) is 11.5 Å². The highest BCUT2D eigenvalue weighted by Crippen LogP contribution is 2.30. The second kappa shape index (κ2) is 11.4. The SMILES string of the molecule is CN=C(NCCc1cn2cccc(C)c2n1)NC1CCN(c2cc(OC)cc(OC)c2)C1.I. The van der Waals surface area contributed by atoms with Gasteiger partial charge in [-0.3, -0.25) is 4.99 Å². The third kappa shape index (κ3) is 6.01. The molecule has 0 bridgehead atoms. The van der Waals surface area contributed by atoms with Gasteiger partial charge in [-0.2, -0.15) is 0 Å². The monoisotopic (exact) mass is 564 g/mol. The Bertz CT molecular complexity index is 1080. The molecule has 2 N–H and O–H groups in total. The first kappa shape index (κ1) is 24.9. The van der Waals surface area contributed by atoms with Crippen molar-refractivity contribution >= 4 is 41.3 Å². The van der Waals surface area contributed by atoms with E-state index in [0.717, 1.165) is 67.0 Å².